The van der Waals surface area contributed by atoms with Crippen molar-refractivity contribution >= 4 is 10.9 Å². The fourth-order valence-electron chi connectivity index (χ4n) is 2.55. The largest absolute Gasteiger partial charge is 0.347 e. The Labute approximate surface area is 119 Å². The normalized spacial score (nSPS) is 11.1. The number of nitrogens with zero attached hydrogens (tertiary/aromatic N) is 2. The van der Waals surface area contributed by atoms with Gasteiger partial charge >= 0.3 is 0 Å². The molecule has 0 amide bonds. The summed E-state index contributed by atoms with van der Waals surface area (Å²) >= 11 is 0. The zero-order valence-corrected chi connectivity index (χ0v) is 11.5. The van der Waals surface area contributed by atoms with Crippen molar-refractivity contribution in [3.05, 3.63) is 66.1 Å². The molecular weight excluding hydrogens is 246 g/mol. The second kappa shape index (κ2) is 5.88. The van der Waals surface area contributed by atoms with Gasteiger partial charge in [-0.15, -0.1) is 0 Å². The Morgan fingerprint density at radius 1 is 0.950 bits per heavy atom. The topological polar surface area (TPSA) is 43.8 Å². The van der Waals surface area contributed by atoms with Crippen LogP contribution in [0.3, 0.4) is 0 Å². The van der Waals surface area contributed by atoms with Gasteiger partial charge in [-0.05, 0) is 60.2 Å². The summed E-state index contributed by atoms with van der Waals surface area (Å²) < 4.78 is 2.32. The van der Waals surface area contributed by atoms with E-state index in [0.717, 1.165) is 19.4 Å². The van der Waals surface area contributed by atoms with Crippen LogP contribution in [-0.2, 0) is 19.4 Å². The summed E-state index contributed by atoms with van der Waals surface area (Å²) in [5.74, 6) is 0. The lowest BCUT2D eigenvalue weighted by Crippen LogP contribution is -2.03. The molecule has 3 nitrogen and oxygen atoms in total. The molecule has 0 spiro atoms. The number of nitrogens with two attached hydrogens (primary N) is 1. The van der Waals surface area contributed by atoms with Crippen LogP contribution in [0.15, 0.2) is 55.0 Å². The molecule has 102 valence electrons. The van der Waals surface area contributed by atoms with Crippen LogP contribution >= 0.6 is 0 Å². The number of hydrogen-bond acceptors (Lipinski definition) is 2. The number of pyridine rings is 1. The summed E-state index contributed by atoms with van der Waals surface area (Å²) in [6.07, 6.45) is 7.82. The lowest BCUT2D eigenvalue weighted by Gasteiger charge is -2.07. The SMILES string of the molecule is NCCc1ccc2ccn(CCc3ccncc3)c2c1. The number of hydrogen-bond donors (Lipinski definition) is 1. The van der Waals surface area contributed by atoms with E-state index in [9.17, 15) is 0 Å². The Kier molecular flexibility index (Phi) is 3.79. The minimum Gasteiger partial charge on any atom is -0.347 e. The van der Waals surface area contributed by atoms with Crippen LogP contribution in [0.25, 0.3) is 10.9 Å². The predicted molar refractivity (Wildman–Crippen MR) is 82.6 cm³/mol. The molecule has 2 heterocycles. The van der Waals surface area contributed by atoms with Gasteiger partial charge in [0, 0.05) is 30.7 Å². The fourth-order valence-corrected chi connectivity index (χ4v) is 2.55. The van der Waals surface area contributed by atoms with Crippen molar-refractivity contribution in [2.45, 2.75) is 19.4 Å². The molecule has 0 radical (unpaired) electrons. The second-order valence-electron chi connectivity index (χ2n) is 5.05. The van der Waals surface area contributed by atoms with Crippen molar-refractivity contribution in [3.63, 3.8) is 0 Å². The zero-order valence-electron chi connectivity index (χ0n) is 11.5. The average Bonchev–Trinajstić information content (AvgIpc) is 2.89. The van der Waals surface area contributed by atoms with Crippen LogP contribution in [0.4, 0.5) is 0 Å². The highest BCUT2D eigenvalue weighted by Gasteiger charge is 2.03. The van der Waals surface area contributed by atoms with E-state index in [1.807, 2.05) is 12.4 Å². The minimum absolute atomic E-state index is 0.698. The highest BCUT2D eigenvalue weighted by atomic mass is 14.9. The van der Waals surface area contributed by atoms with Crippen molar-refractivity contribution in [1.29, 1.82) is 0 Å². The van der Waals surface area contributed by atoms with Crippen LogP contribution in [0.1, 0.15) is 11.1 Å². The maximum Gasteiger partial charge on any atom is 0.0483 e. The van der Waals surface area contributed by atoms with Gasteiger partial charge < -0.3 is 10.3 Å². The van der Waals surface area contributed by atoms with Crippen LogP contribution in [0.5, 0.6) is 0 Å². The zero-order chi connectivity index (χ0) is 13.8. The van der Waals surface area contributed by atoms with E-state index in [1.54, 1.807) is 0 Å². The Morgan fingerprint density at radius 3 is 2.60 bits per heavy atom. The van der Waals surface area contributed by atoms with Gasteiger partial charge in [-0.25, -0.2) is 0 Å². The maximum absolute atomic E-state index is 5.64. The van der Waals surface area contributed by atoms with Gasteiger partial charge in [0.25, 0.3) is 0 Å². The molecule has 0 aliphatic rings. The molecule has 3 rings (SSSR count). The third-order valence-electron chi connectivity index (χ3n) is 3.66. The Balaban J connectivity index is 1.82. The van der Waals surface area contributed by atoms with E-state index in [0.29, 0.717) is 6.54 Å². The minimum atomic E-state index is 0.698. The Bertz CT molecular complexity index is 686. The molecule has 0 saturated carbocycles. The molecule has 0 bridgehead atoms. The first-order valence-electron chi connectivity index (χ1n) is 7.03. The summed E-state index contributed by atoms with van der Waals surface area (Å²) in [6, 6.07) is 12.9. The molecular formula is C17H19N3. The molecule has 0 atom stereocenters. The number of fused-ring (bicyclic) bond motifs is 1. The number of benzene rings is 1. The summed E-state index contributed by atoms with van der Waals surface area (Å²) in [7, 11) is 0. The van der Waals surface area contributed by atoms with Crippen molar-refractivity contribution in [1.82, 2.24) is 9.55 Å². The summed E-state index contributed by atoms with van der Waals surface area (Å²) in [4.78, 5) is 4.05. The van der Waals surface area contributed by atoms with E-state index < -0.39 is 0 Å². The summed E-state index contributed by atoms with van der Waals surface area (Å²) in [5.41, 5.74) is 9.56. The van der Waals surface area contributed by atoms with E-state index in [4.69, 9.17) is 5.73 Å². The molecule has 0 unspecified atom stereocenters. The lowest BCUT2D eigenvalue weighted by atomic mass is 10.1. The van der Waals surface area contributed by atoms with Gasteiger partial charge in [0.15, 0.2) is 0 Å². The summed E-state index contributed by atoms with van der Waals surface area (Å²) in [5, 5.41) is 1.29. The molecule has 0 aliphatic carbocycles. The maximum atomic E-state index is 5.64. The van der Waals surface area contributed by atoms with E-state index in [1.165, 1.54) is 22.0 Å². The van der Waals surface area contributed by atoms with Gasteiger partial charge in [-0.3, -0.25) is 4.98 Å². The van der Waals surface area contributed by atoms with Gasteiger partial charge in [0.05, 0.1) is 0 Å². The first-order valence-corrected chi connectivity index (χ1v) is 7.03. The molecule has 2 N–H and O–H groups in total. The van der Waals surface area contributed by atoms with Crippen LogP contribution in [0, 0.1) is 0 Å². The second-order valence-corrected chi connectivity index (χ2v) is 5.05. The average molecular weight is 265 g/mol. The van der Waals surface area contributed by atoms with Gasteiger partial charge in [-0.2, -0.15) is 0 Å². The smallest absolute Gasteiger partial charge is 0.0483 e. The molecule has 2 aromatic heterocycles. The quantitative estimate of drug-likeness (QED) is 0.771. The monoisotopic (exact) mass is 265 g/mol. The Hall–Kier alpha value is -2.13. The van der Waals surface area contributed by atoms with Gasteiger partial charge in [-0.1, -0.05) is 12.1 Å². The summed E-state index contributed by atoms with van der Waals surface area (Å²) in [6.45, 7) is 1.68. The molecule has 20 heavy (non-hydrogen) atoms. The predicted octanol–water partition coefficient (Wildman–Crippen LogP) is 2.78. The highest BCUT2D eigenvalue weighted by Crippen LogP contribution is 2.18. The number of aromatic nitrogens is 2. The van der Waals surface area contributed by atoms with E-state index in [2.05, 4.69) is 52.1 Å². The number of aryl methyl sites for hydroxylation is 2. The first-order chi connectivity index (χ1) is 9.86. The van der Waals surface area contributed by atoms with E-state index >= 15 is 0 Å². The third-order valence-corrected chi connectivity index (χ3v) is 3.66. The lowest BCUT2D eigenvalue weighted by molar-refractivity contribution is 0.722. The van der Waals surface area contributed by atoms with Crippen molar-refractivity contribution < 1.29 is 0 Å². The Morgan fingerprint density at radius 2 is 1.80 bits per heavy atom. The van der Waals surface area contributed by atoms with Crippen LogP contribution in [-0.4, -0.2) is 16.1 Å². The first kappa shape index (κ1) is 12.9. The molecule has 0 fully saturated rings. The number of rotatable bonds is 5. The molecule has 0 saturated heterocycles. The molecule has 0 aliphatic heterocycles. The third kappa shape index (κ3) is 2.73. The van der Waals surface area contributed by atoms with Gasteiger partial charge in [0.1, 0.15) is 0 Å². The highest BCUT2D eigenvalue weighted by molar-refractivity contribution is 5.80. The fraction of sp³-hybridized carbons (Fsp3) is 0.235. The molecule has 3 heteroatoms. The standard InChI is InChI=1S/C17H19N3/c18-8-3-15-1-2-16-7-12-20(17(16)13-15)11-6-14-4-9-19-10-5-14/h1-2,4-5,7,9-10,12-13H,3,6,8,11,18H2. The molecule has 3 aromatic rings. The van der Waals surface area contributed by atoms with Crippen LogP contribution < -0.4 is 5.73 Å². The van der Waals surface area contributed by atoms with Crippen LogP contribution in [0.2, 0.25) is 0 Å². The van der Waals surface area contributed by atoms with Crippen molar-refractivity contribution in [3.8, 4) is 0 Å². The molecule has 1 aromatic carbocycles. The van der Waals surface area contributed by atoms with Crippen molar-refractivity contribution in [2.75, 3.05) is 6.54 Å². The van der Waals surface area contributed by atoms with Gasteiger partial charge in [0.2, 0.25) is 0 Å². The van der Waals surface area contributed by atoms with E-state index in [-0.39, 0.29) is 0 Å². The van der Waals surface area contributed by atoms with Crippen molar-refractivity contribution in [2.24, 2.45) is 5.73 Å².